The Kier molecular flexibility index (Phi) is 4.31. The van der Waals surface area contributed by atoms with Crippen molar-refractivity contribution < 1.29 is 9.18 Å². The molecule has 0 aliphatic rings. The van der Waals surface area contributed by atoms with E-state index in [0.717, 1.165) is 0 Å². The fraction of sp³-hybridized carbons (Fsp3) is 0.105. The van der Waals surface area contributed by atoms with Crippen LogP contribution < -0.4 is 5.32 Å². The molecule has 5 nitrogen and oxygen atoms in total. The first-order valence-electron chi connectivity index (χ1n) is 7.63. The van der Waals surface area contributed by atoms with Gasteiger partial charge in [-0.15, -0.1) is 0 Å². The number of amides is 1. The van der Waals surface area contributed by atoms with Gasteiger partial charge in [-0.2, -0.15) is 10.4 Å². The first kappa shape index (κ1) is 16.4. The van der Waals surface area contributed by atoms with Crippen molar-refractivity contribution in [2.24, 2.45) is 0 Å². The average Bonchev–Trinajstić information content (AvgIpc) is 2.90. The van der Waals surface area contributed by atoms with Crippen LogP contribution in [0, 0.1) is 31.0 Å². The average molecular weight is 334 g/mol. The monoisotopic (exact) mass is 334 g/mol. The maximum absolute atomic E-state index is 13.1. The van der Waals surface area contributed by atoms with Gasteiger partial charge in [0, 0.05) is 5.69 Å². The lowest BCUT2D eigenvalue weighted by molar-refractivity contribution is 0.102. The Bertz CT molecular complexity index is 984. The van der Waals surface area contributed by atoms with E-state index < -0.39 is 0 Å². The molecule has 3 rings (SSSR count). The lowest BCUT2D eigenvalue weighted by atomic mass is 10.1. The van der Waals surface area contributed by atoms with E-state index in [9.17, 15) is 9.18 Å². The number of anilines is 1. The van der Waals surface area contributed by atoms with Gasteiger partial charge in [0.05, 0.1) is 34.3 Å². The first-order valence-corrected chi connectivity index (χ1v) is 7.63. The van der Waals surface area contributed by atoms with Gasteiger partial charge in [-0.3, -0.25) is 4.79 Å². The summed E-state index contributed by atoms with van der Waals surface area (Å²) >= 11 is 0. The zero-order valence-corrected chi connectivity index (χ0v) is 13.7. The summed E-state index contributed by atoms with van der Waals surface area (Å²) in [5.74, 6) is -0.640. The molecule has 3 aromatic rings. The molecule has 1 N–H and O–H groups in total. The third-order valence-electron chi connectivity index (χ3n) is 3.84. The minimum Gasteiger partial charge on any atom is -0.322 e. The van der Waals surface area contributed by atoms with Crippen LogP contribution in [0.2, 0.25) is 0 Å². The molecule has 1 heterocycles. The number of benzene rings is 2. The first-order chi connectivity index (χ1) is 12.0. The van der Waals surface area contributed by atoms with E-state index in [2.05, 4.69) is 10.4 Å². The molecule has 0 bridgehead atoms. The number of carbonyl (C=O) groups is 1. The van der Waals surface area contributed by atoms with Crippen LogP contribution in [0.15, 0.2) is 48.5 Å². The Morgan fingerprint density at radius 1 is 1.20 bits per heavy atom. The highest BCUT2D eigenvalue weighted by Gasteiger charge is 2.19. The van der Waals surface area contributed by atoms with Crippen LogP contribution in [0.3, 0.4) is 0 Å². The normalized spacial score (nSPS) is 10.3. The summed E-state index contributed by atoms with van der Waals surface area (Å²) < 4.78 is 14.7. The van der Waals surface area contributed by atoms with E-state index in [0.29, 0.717) is 33.9 Å². The molecule has 0 spiro atoms. The Morgan fingerprint density at radius 2 is 1.92 bits per heavy atom. The Morgan fingerprint density at radius 3 is 2.60 bits per heavy atom. The van der Waals surface area contributed by atoms with E-state index in [-0.39, 0.29) is 11.7 Å². The number of carbonyl (C=O) groups excluding carboxylic acids is 1. The molecule has 6 heteroatoms. The molecule has 0 radical (unpaired) electrons. The summed E-state index contributed by atoms with van der Waals surface area (Å²) in [7, 11) is 0. The van der Waals surface area contributed by atoms with Crippen molar-refractivity contribution >= 4 is 11.6 Å². The second-order valence-electron chi connectivity index (χ2n) is 5.58. The molecule has 25 heavy (non-hydrogen) atoms. The van der Waals surface area contributed by atoms with Crippen LogP contribution in [0.4, 0.5) is 10.1 Å². The summed E-state index contributed by atoms with van der Waals surface area (Å²) in [4.78, 5) is 12.6. The molecule has 0 saturated heterocycles. The highest BCUT2D eigenvalue weighted by atomic mass is 19.1. The number of rotatable bonds is 3. The van der Waals surface area contributed by atoms with Gasteiger partial charge >= 0.3 is 0 Å². The predicted octanol–water partition coefficient (Wildman–Crippen LogP) is 3.75. The van der Waals surface area contributed by atoms with Crippen molar-refractivity contribution in [3.8, 4) is 11.8 Å². The fourth-order valence-electron chi connectivity index (χ4n) is 2.67. The summed E-state index contributed by atoms with van der Waals surface area (Å²) in [5, 5.41) is 16.1. The number of hydrogen-bond acceptors (Lipinski definition) is 3. The summed E-state index contributed by atoms with van der Waals surface area (Å²) in [6.07, 6.45) is 0. The zero-order chi connectivity index (χ0) is 18.0. The van der Waals surface area contributed by atoms with Gasteiger partial charge in [0.1, 0.15) is 5.82 Å². The third kappa shape index (κ3) is 3.26. The number of nitriles is 1. The smallest absolute Gasteiger partial charge is 0.259 e. The maximum Gasteiger partial charge on any atom is 0.259 e. The highest BCUT2D eigenvalue weighted by molar-refractivity contribution is 6.06. The molecule has 0 aliphatic heterocycles. The Hall–Kier alpha value is -3.46. The van der Waals surface area contributed by atoms with Crippen LogP contribution >= 0.6 is 0 Å². The van der Waals surface area contributed by atoms with Gasteiger partial charge in [0.15, 0.2) is 0 Å². The van der Waals surface area contributed by atoms with E-state index >= 15 is 0 Å². The minimum absolute atomic E-state index is 0.307. The molecule has 0 atom stereocenters. The number of aromatic nitrogens is 2. The topological polar surface area (TPSA) is 70.7 Å². The summed E-state index contributed by atoms with van der Waals surface area (Å²) in [5.41, 5.74) is 3.35. The van der Waals surface area contributed by atoms with Crippen LogP contribution in [-0.2, 0) is 0 Å². The number of aryl methyl sites for hydroxylation is 1. The van der Waals surface area contributed by atoms with E-state index in [1.54, 1.807) is 54.9 Å². The largest absolute Gasteiger partial charge is 0.322 e. The van der Waals surface area contributed by atoms with Crippen molar-refractivity contribution in [3.05, 3.63) is 76.9 Å². The van der Waals surface area contributed by atoms with Crippen molar-refractivity contribution in [2.45, 2.75) is 13.8 Å². The van der Waals surface area contributed by atoms with Gasteiger partial charge in [0.2, 0.25) is 0 Å². The minimum atomic E-state index is -0.333. The number of nitrogens with zero attached hydrogens (tertiary/aromatic N) is 3. The maximum atomic E-state index is 13.1. The van der Waals surface area contributed by atoms with E-state index in [1.807, 2.05) is 6.07 Å². The Labute approximate surface area is 144 Å². The second-order valence-corrected chi connectivity index (χ2v) is 5.58. The van der Waals surface area contributed by atoms with Crippen molar-refractivity contribution in [3.63, 3.8) is 0 Å². The number of hydrogen-bond donors (Lipinski definition) is 1. The third-order valence-corrected chi connectivity index (χ3v) is 3.84. The molecule has 0 unspecified atom stereocenters. The highest BCUT2D eigenvalue weighted by Crippen LogP contribution is 2.20. The molecule has 2 aromatic carbocycles. The van der Waals surface area contributed by atoms with Crippen LogP contribution in [0.1, 0.15) is 27.3 Å². The number of nitrogens with one attached hydrogen (secondary N) is 1. The van der Waals surface area contributed by atoms with Crippen LogP contribution in [0.5, 0.6) is 0 Å². The zero-order valence-electron chi connectivity index (χ0n) is 13.7. The van der Waals surface area contributed by atoms with Crippen molar-refractivity contribution in [1.29, 1.82) is 5.26 Å². The SMILES string of the molecule is Cc1nn(-c2ccc(F)cc2)c(C)c1C(=O)Nc1cccc(C#N)c1. The van der Waals surface area contributed by atoms with Crippen molar-refractivity contribution in [2.75, 3.05) is 5.32 Å². The standard InChI is InChI=1S/C19H15FN4O/c1-12-18(19(25)22-16-5-3-4-14(10-16)11-21)13(2)24(23-12)17-8-6-15(20)7-9-17/h3-10H,1-2H3,(H,22,25). The molecule has 0 fully saturated rings. The molecular weight excluding hydrogens is 319 g/mol. The van der Waals surface area contributed by atoms with Gasteiger partial charge in [-0.25, -0.2) is 9.07 Å². The van der Waals surface area contributed by atoms with Gasteiger partial charge in [-0.1, -0.05) is 6.07 Å². The lowest BCUT2D eigenvalue weighted by Gasteiger charge is -2.07. The van der Waals surface area contributed by atoms with Crippen LogP contribution in [0.25, 0.3) is 5.69 Å². The van der Waals surface area contributed by atoms with Gasteiger partial charge in [-0.05, 0) is 56.3 Å². The summed E-state index contributed by atoms with van der Waals surface area (Å²) in [6, 6.07) is 14.6. The molecule has 0 aliphatic carbocycles. The molecular formula is C19H15FN4O. The van der Waals surface area contributed by atoms with Gasteiger partial charge in [0.25, 0.3) is 5.91 Å². The fourth-order valence-corrected chi connectivity index (χ4v) is 2.67. The quantitative estimate of drug-likeness (QED) is 0.793. The molecule has 1 aromatic heterocycles. The second kappa shape index (κ2) is 6.57. The van der Waals surface area contributed by atoms with E-state index in [4.69, 9.17) is 5.26 Å². The van der Waals surface area contributed by atoms with E-state index in [1.165, 1.54) is 12.1 Å². The lowest BCUT2D eigenvalue weighted by Crippen LogP contribution is -2.14. The number of halogens is 1. The van der Waals surface area contributed by atoms with Gasteiger partial charge < -0.3 is 5.32 Å². The Balaban J connectivity index is 1.93. The predicted molar refractivity (Wildman–Crippen MR) is 92.1 cm³/mol. The molecule has 1 amide bonds. The molecule has 0 saturated carbocycles. The van der Waals surface area contributed by atoms with Crippen LogP contribution in [-0.4, -0.2) is 15.7 Å². The van der Waals surface area contributed by atoms with Crippen molar-refractivity contribution in [1.82, 2.24) is 9.78 Å². The molecule has 124 valence electrons. The summed E-state index contributed by atoms with van der Waals surface area (Å²) in [6.45, 7) is 3.53.